The standard InChI is InChI=1S/C14H14BrNOS/c1-9(7-16)10-3-2-4-11(5-10)14(17)13-6-12(15)8-18-13/h2-6,8-9H,7,16H2,1H3. The highest BCUT2D eigenvalue weighted by molar-refractivity contribution is 9.10. The fourth-order valence-corrected chi connectivity index (χ4v) is 3.09. The Balaban J connectivity index is 2.31. The molecule has 1 aromatic carbocycles. The average Bonchev–Trinajstić information content (AvgIpc) is 2.83. The Morgan fingerprint density at radius 2 is 2.22 bits per heavy atom. The van der Waals surface area contributed by atoms with Gasteiger partial charge >= 0.3 is 0 Å². The highest BCUT2D eigenvalue weighted by Gasteiger charge is 2.13. The Morgan fingerprint density at radius 3 is 2.83 bits per heavy atom. The lowest BCUT2D eigenvalue weighted by Crippen LogP contribution is -2.09. The van der Waals surface area contributed by atoms with Gasteiger partial charge in [0.05, 0.1) is 4.88 Å². The third-order valence-corrected chi connectivity index (χ3v) is 4.55. The summed E-state index contributed by atoms with van der Waals surface area (Å²) in [7, 11) is 0. The maximum atomic E-state index is 12.3. The summed E-state index contributed by atoms with van der Waals surface area (Å²) in [6.07, 6.45) is 0. The molecule has 2 rings (SSSR count). The molecule has 0 saturated heterocycles. The molecule has 1 aromatic heterocycles. The lowest BCUT2D eigenvalue weighted by atomic mass is 9.97. The lowest BCUT2D eigenvalue weighted by Gasteiger charge is -2.09. The van der Waals surface area contributed by atoms with E-state index in [1.54, 1.807) is 0 Å². The van der Waals surface area contributed by atoms with Gasteiger partial charge in [-0.25, -0.2) is 0 Å². The van der Waals surface area contributed by atoms with Crippen LogP contribution in [0.4, 0.5) is 0 Å². The first kappa shape index (κ1) is 13.5. The molecule has 0 aliphatic heterocycles. The van der Waals surface area contributed by atoms with Gasteiger partial charge in [-0.05, 0) is 46.1 Å². The topological polar surface area (TPSA) is 43.1 Å². The monoisotopic (exact) mass is 323 g/mol. The van der Waals surface area contributed by atoms with E-state index in [-0.39, 0.29) is 11.7 Å². The molecule has 0 fully saturated rings. The smallest absolute Gasteiger partial charge is 0.202 e. The van der Waals surface area contributed by atoms with E-state index in [1.807, 2.05) is 35.7 Å². The first-order chi connectivity index (χ1) is 8.61. The van der Waals surface area contributed by atoms with Gasteiger partial charge in [0.1, 0.15) is 0 Å². The van der Waals surface area contributed by atoms with Gasteiger partial charge in [0.25, 0.3) is 0 Å². The van der Waals surface area contributed by atoms with Crippen molar-refractivity contribution < 1.29 is 4.79 Å². The normalized spacial score (nSPS) is 12.4. The molecule has 0 saturated carbocycles. The van der Waals surface area contributed by atoms with Crippen molar-refractivity contribution in [1.82, 2.24) is 0 Å². The summed E-state index contributed by atoms with van der Waals surface area (Å²) in [4.78, 5) is 13.0. The van der Waals surface area contributed by atoms with Crippen molar-refractivity contribution in [3.05, 3.63) is 56.2 Å². The fourth-order valence-electron chi connectivity index (χ4n) is 1.70. The second-order valence-corrected chi connectivity index (χ2v) is 6.05. The molecule has 2 nitrogen and oxygen atoms in total. The third kappa shape index (κ3) is 2.88. The van der Waals surface area contributed by atoms with E-state index in [9.17, 15) is 4.79 Å². The number of halogens is 1. The van der Waals surface area contributed by atoms with E-state index >= 15 is 0 Å². The zero-order valence-corrected chi connectivity index (χ0v) is 12.4. The van der Waals surface area contributed by atoms with Crippen molar-refractivity contribution >= 4 is 33.0 Å². The molecule has 0 radical (unpaired) electrons. The van der Waals surface area contributed by atoms with Crippen LogP contribution in [0.1, 0.15) is 33.6 Å². The van der Waals surface area contributed by atoms with E-state index in [0.29, 0.717) is 6.54 Å². The molecule has 0 amide bonds. The molecule has 2 N–H and O–H groups in total. The molecule has 1 unspecified atom stereocenters. The summed E-state index contributed by atoms with van der Waals surface area (Å²) in [5.41, 5.74) is 7.49. The molecular weight excluding hydrogens is 310 g/mol. The van der Waals surface area contributed by atoms with Crippen LogP contribution in [0.15, 0.2) is 40.2 Å². The summed E-state index contributed by atoms with van der Waals surface area (Å²) < 4.78 is 0.947. The first-order valence-corrected chi connectivity index (χ1v) is 7.38. The maximum Gasteiger partial charge on any atom is 0.202 e. The highest BCUT2D eigenvalue weighted by atomic mass is 79.9. The van der Waals surface area contributed by atoms with Gasteiger partial charge in [-0.3, -0.25) is 4.79 Å². The number of thiophene rings is 1. The Bertz CT molecular complexity index is 564. The lowest BCUT2D eigenvalue weighted by molar-refractivity contribution is 0.104. The SMILES string of the molecule is CC(CN)c1cccc(C(=O)c2cc(Br)cs2)c1. The molecule has 1 atom stereocenters. The van der Waals surface area contributed by atoms with Crippen LogP contribution in [0, 0.1) is 0 Å². The number of carbonyl (C=O) groups excluding carboxylic acids is 1. The Kier molecular flexibility index (Phi) is 4.32. The molecule has 0 spiro atoms. The number of rotatable bonds is 4. The van der Waals surface area contributed by atoms with Crippen molar-refractivity contribution in [3.63, 3.8) is 0 Å². The number of carbonyl (C=O) groups is 1. The molecule has 0 aliphatic carbocycles. The van der Waals surface area contributed by atoms with Crippen LogP contribution in [0.5, 0.6) is 0 Å². The van der Waals surface area contributed by atoms with Crippen LogP contribution in [0.2, 0.25) is 0 Å². The minimum atomic E-state index is 0.0665. The van der Waals surface area contributed by atoms with Crippen LogP contribution < -0.4 is 5.73 Å². The van der Waals surface area contributed by atoms with E-state index in [4.69, 9.17) is 5.73 Å². The second-order valence-electron chi connectivity index (χ2n) is 4.22. The van der Waals surface area contributed by atoms with Crippen molar-refractivity contribution in [2.75, 3.05) is 6.54 Å². The predicted molar refractivity (Wildman–Crippen MR) is 79.4 cm³/mol. The van der Waals surface area contributed by atoms with Gasteiger partial charge in [-0.15, -0.1) is 11.3 Å². The van der Waals surface area contributed by atoms with Crippen LogP contribution in [-0.4, -0.2) is 12.3 Å². The van der Waals surface area contributed by atoms with Gasteiger partial charge in [0.2, 0.25) is 5.78 Å². The number of hydrogen-bond acceptors (Lipinski definition) is 3. The number of nitrogens with two attached hydrogens (primary N) is 1. The van der Waals surface area contributed by atoms with E-state index in [1.165, 1.54) is 11.3 Å². The molecule has 0 bridgehead atoms. The molecule has 2 aromatic rings. The number of ketones is 1. The van der Waals surface area contributed by atoms with Crippen molar-refractivity contribution in [3.8, 4) is 0 Å². The largest absolute Gasteiger partial charge is 0.330 e. The van der Waals surface area contributed by atoms with Crippen molar-refractivity contribution in [2.24, 2.45) is 5.73 Å². The van der Waals surface area contributed by atoms with E-state index < -0.39 is 0 Å². The third-order valence-electron chi connectivity index (χ3n) is 2.86. The molecule has 94 valence electrons. The van der Waals surface area contributed by atoms with Crippen LogP contribution in [0.3, 0.4) is 0 Å². The molecule has 1 heterocycles. The Labute approximate surface area is 119 Å². The first-order valence-electron chi connectivity index (χ1n) is 5.70. The van der Waals surface area contributed by atoms with E-state index in [0.717, 1.165) is 20.5 Å². The number of benzene rings is 1. The molecule has 4 heteroatoms. The van der Waals surface area contributed by atoms with E-state index in [2.05, 4.69) is 22.9 Å². The highest BCUT2D eigenvalue weighted by Crippen LogP contribution is 2.24. The zero-order valence-electron chi connectivity index (χ0n) is 10.0. The number of hydrogen-bond donors (Lipinski definition) is 1. The van der Waals surface area contributed by atoms with Crippen LogP contribution in [0.25, 0.3) is 0 Å². The molecular formula is C14H14BrNOS. The predicted octanol–water partition coefficient (Wildman–Crippen LogP) is 3.80. The molecule has 0 aliphatic rings. The fraction of sp³-hybridized carbons (Fsp3) is 0.214. The summed E-state index contributed by atoms with van der Waals surface area (Å²) in [5, 5.41) is 1.92. The van der Waals surface area contributed by atoms with Gasteiger partial charge in [-0.1, -0.05) is 25.1 Å². The van der Waals surface area contributed by atoms with Gasteiger partial charge in [-0.2, -0.15) is 0 Å². The minimum absolute atomic E-state index is 0.0665. The van der Waals surface area contributed by atoms with Gasteiger partial charge in [0, 0.05) is 15.4 Å². The quantitative estimate of drug-likeness (QED) is 0.869. The summed E-state index contributed by atoms with van der Waals surface area (Å²) >= 11 is 4.81. The summed E-state index contributed by atoms with van der Waals surface area (Å²) in [6.45, 7) is 2.65. The molecule has 18 heavy (non-hydrogen) atoms. The van der Waals surface area contributed by atoms with Crippen molar-refractivity contribution in [1.29, 1.82) is 0 Å². The Morgan fingerprint density at radius 1 is 1.44 bits per heavy atom. The Hall–Kier alpha value is -0.970. The second kappa shape index (κ2) is 5.78. The summed E-state index contributed by atoms with van der Waals surface area (Å²) in [6, 6.07) is 9.57. The van der Waals surface area contributed by atoms with Crippen molar-refractivity contribution in [2.45, 2.75) is 12.8 Å². The maximum absolute atomic E-state index is 12.3. The van der Waals surface area contributed by atoms with Crippen LogP contribution in [-0.2, 0) is 0 Å². The minimum Gasteiger partial charge on any atom is -0.330 e. The van der Waals surface area contributed by atoms with Gasteiger partial charge in [0.15, 0.2) is 0 Å². The van der Waals surface area contributed by atoms with Gasteiger partial charge < -0.3 is 5.73 Å². The zero-order chi connectivity index (χ0) is 13.1. The van der Waals surface area contributed by atoms with Crippen LogP contribution >= 0.6 is 27.3 Å². The summed E-state index contributed by atoms with van der Waals surface area (Å²) in [5.74, 6) is 0.338. The average molecular weight is 324 g/mol.